The van der Waals surface area contributed by atoms with Gasteiger partial charge in [0.15, 0.2) is 0 Å². The number of hydrogen-bond acceptors (Lipinski definition) is 3. The third kappa shape index (κ3) is 2.87. The number of halogens is 1. The largest absolute Gasteiger partial charge is 0.329 e. The van der Waals surface area contributed by atoms with Gasteiger partial charge in [-0.3, -0.25) is 0 Å². The zero-order valence-electron chi connectivity index (χ0n) is 10.0. The molecule has 18 heavy (non-hydrogen) atoms. The van der Waals surface area contributed by atoms with Crippen molar-refractivity contribution in [2.75, 3.05) is 13.1 Å². The van der Waals surface area contributed by atoms with Crippen molar-refractivity contribution >= 4 is 32.6 Å². The molecule has 0 saturated carbocycles. The number of piperidine rings is 1. The molecule has 0 aromatic heterocycles. The molecular weight excluding hydrogens is 363 g/mol. The molecule has 1 aromatic carbocycles. The Balaban J connectivity index is 2.35. The Labute approximate surface area is 122 Å². The van der Waals surface area contributed by atoms with Crippen molar-refractivity contribution in [3.63, 3.8) is 0 Å². The van der Waals surface area contributed by atoms with E-state index in [0.29, 0.717) is 18.0 Å². The van der Waals surface area contributed by atoms with Crippen LogP contribution in [0.3, 0.4) is 0 Å². The Morgan fingerprint density at radius 1 is 1.39 bits per heavy atom. The fourth-order valence-electron chi connectivity index (χ4n) is 2.29. The van der Waals surface area contributed by atoms with Crippen LogP contribution in [-0.2, 0) is 10.0 Å². The average Bonchev–Trinajstić information content (AvgIpc) is 2.38. The normalized spacial score (nSPS) is 22.0. The van der Waals surface area contributed by atoms with Gasteiger partial charge in [-0.2, -0.15) is 4.31 Å². The van der Waals surface area contributed by atoms with E-state index in [1.807, 2.05) is 6.07 Å². The van der Waals surface area contributed by atoms with Crippen LogP contribution in [0.25, 0.3) is 0 Å². The van der Waals surface area contributed by atoms with E-state index in [9.17, 15) is 8.42 Å². The molecule has 1 heterocycles. The van der Waals surface area contributed by atoms with E-state index in [-0.39, 0.29) is 6.04 Å². The van der Waals surface area contributed by atoms with Crippen LogP contribution < -0.4 is 5.73 Å². The summed E-state index contributed by atoms with van der Waals surface area (Å²) in [5.41, 5.74) is 5.69. The van der Waals surface area contributed by atoms with E-state index in [1.54, 1.807) is 22.5 Å². The maximum absolute atomic E-state index is 12.6. The van der Waals surface area contributed by atoms with Crippen molar-refractivity contribution in [2.24, 2.45) is 5.73 Å². The molecular formula is C12H17IN2O2S. The fourth-order valence-corrected chi connectivity index (χ4v) is 4.79. The SMILES string of the molecule is NCC1CCCCN1S(=O)(=O)c1cccc(I)c1. The van der Waals surface area contributed by atoms with Gasteiger partial charge in [0, 0.05) is 22.7 Å². The Hall–Kier alpha value is -0.180. The fraction of sp³-hybridized carbons (Fsp3) is 0.500. The van der Waals surface area contributed by atoms with Crippen molar-refractivity contribution in [3.8, 4) is 0 Å². The van der Waals surface area contributed by atoms with Gasteiger partial charge in [-0.1, -0.05) is 12.5 Å². The van der Waals surface area contributed by atoms with Gasteiger partial charge in [0.25, 0.3) is 0 Å². The molecule has 0 aliphatic carbocycles. The number of sulfonamides is 1. The number of nitrogens with two attached hydrogens (primary N) is 1. The standard InChI is InChI=1S/C12H17IN2O2S/c13-10-4-3-6-12(8-10)18(16,17)15-7-2-1-5-11(15)9-14/h3-4,6,8,11H,1-2,5,7,9,14H2. The summed E-state index contributed by atoms with van der Waals surface area (Å²) in [4.78, 5) is 0.370. The third-order valence-corrected chi connectivity index (χ3v) is 5.87. The molecule has 0 bridgehead atoms. The van der Waals surface area contributed by atoms with Crippen LogP contribution in [0.5, 0.6) is 0 Å². The lowest BCUT2D eigenvalue weighted by Gasteiger charge is -2.33. The minimum atomic E-state index is -3.40. The predicted octanol–water partition coefficient (Wildman–Crippen LogP) is 1.79. The predicted molar refractivity (Wildman–Crippen MR) is 79.7 cm³/mol. The lowest BCUT2D eigenvalue weighted by Crippen LogP contribution is -2.47. The van der Waals surface area contributed by atoms with Crippen LogP contribution in [0.4, 0.5) is 0 Å². The van der Waals surface area contributed by atoms with E-state index in [4.69, 9.17) is 5.73 Å². The van der Waals surface area contributed by atoms with Gasteiger partial charge in [0.1, 0.15) is 0 Å². The summed E-state index contributed by atoms with van der Waals surface area (Å²) in [6.45, 7) is 0.971. The average molecular weight is 380 g/mol. The molecule has 1 fully saturated rings. The molecule has 1 saturated heterocycles. The number of nitrogens with zero attached hydrogens (tertiary/aromatic N) is 1. The highest BCUT2D eigenvalue weighted by Crippen LogP contribution is 2.25. The van der Waals surface area contributed by atoms with Gasteiger partial charge >= 0.3 is 0 Å². The molecule has 2 N–H and O–H groups in total. The summed E-state index contributed by atoms with van der Waals surface area (Å²) in [7, 11) is -3.40. The molecule has 2 rings (SSSR count). The van der Waals surface area contributed by atoms with E-state index in [0.717, 1.165) is 22.8 Å². The summed E-state index contributed by atoms with van der Waals surface area (Å²) in [5, 5.41) is 0. The molecule has 1 aliphatic heterocycles. The van der Waals surface area contributed by atoms with Crippen molar-refractivity contribution in [1.82, 2.24) is 4.31 Å². The van der Waals surface area contributed by atoms with Crippen molar-refractivity contribution in [3.05, 3.63) is 27.8 Å². The number of benzene rings is 1. The van der Waals surface area contributed by atoms with Gasteiger partial charge in [-0.15, -0.1) is 0 Å². The summed E-state index contributed by atoms with van der Waals surface area (Å²) in [6, 6.07) is 6.96. The molecule has 6 heteroatoms. The number of rotatable bonds is 3. The highest BCUT2D eigenvalue weighted by atomic mass is 127. The van der Waals surface area contributed by atoms with Gasteiger partial charge in [-0.25, -0.2) is 8.42 Å². The summed E-state index contributed by atoms with van der Waals surface area (Å²) in [5.74, 6) is 0. The monoisotopic (exact) mass is 380 g/mol. The maximum atomic E-state index is 12.6. The van der Waals surface area contributed by atoms with E-state index in [1.165, 1.54) is 0 Å². The maximum Gasteiger partial charge on any atom is 0.243 e. The lowest BCUT2D eigenvalue weighted by molar-refractivity contribution is 0.257. The van der Waals surface area contributed by atoms with Gasteiger partial charge in [0.05, 0.1) is 4.90 Å². The van der Waals surface area contributed by atoms with Crippen LogP contribution >= 0.6 is 22.6 Å². The van der Waals surface area contributed by atoms with Crippen LogP contribution in [0.1, 0.15) is 19.3 Å². The lowest BCUT2D eigenvalue weighted by atomic mass is 10.1. The first-order valence-corrected chi connectivity index (χ1v) is 8.55. The second kappa shape index (κ2) is 5.85. The van der Waals surface area contributed by atoms with Gasteiger partial charge in [-0.05, 0) is 53.6 Å². The first kappa shape index (κ1) is 14.2. The minimum absolute atomic E-state index is 0.0541. The Kier molecular flexibility index (Phi) is 4.63. The van der Waals surface area contributed by atoms with Crippen LogP contribution in [0.2, 0.25) is 0 Å². The van der Waals surface area contributed by atoms with Crippen LogP contribution in [0.15, 0.2) is 29.2 Å². The van der Waals surface area contributed by atoms with Crippen LogP contribution in [-0.4, -0.2) is 31.9 Å². The first-order chi connectivity index (χ1) is 8.55. The van der Waals surface area contributed by atoms with Crippen molar-refractivity contribution in [1.29, 1.82) is 0 Å². The molecule has 1 unspecified atom stereocenters. The quantitative estimate of drug-likeness (QED) is 0.814. The second-order valence-corrected chi connectivity index (χ2v) is 7.59. The van der Waals surface area contributed by atoms with E-state index < -0.39 is 10.0 Å². The molecule has 1 aromatic rings. The van der Waals surface area contributed by atoms with Gasteiger partial charge in [0.2, 0.25) is 10.0 Å². The molecule has 0 amide bonds. The Bertz CT molecular complexity index is 519. The summed E-state index contributed by atoms with van der Waals surface area (Å²) >= 11 is 2.12. The zero-order chi connectivity index (χ0) is 13.2. The molecule has 0 spiro atoms. The first-order valence-electron chi connectivity index (χ1n) is 6.03. The smallest absolute Gasteiger partial charge is 0.243 e. The molecule has 0 radical (unpaired) electrons. The summed E-state index contributed by atoms with van der Waals surface area (Å²) in [6.07, 6.45) is 2.83. The topological polar surface area (TPSA) is 63.4 Å². The molecule has 1 aliphatic rings. The minimum Gasteiger partial charge on any atom is -0.329 e. The molecule has 100 valence electrons. The van der Waals surface area contributed by atoms with E-state index >= 15 is 0 Å². The molecule has 1 atom stereocenters. The van der Waals surface area contributed by atoms with Gasteiger partial charge < -0.3 is 5.73 Å². The zero-order valence-corrected chi connectivity index (χ0v) is 13.0. The highest BCUT2D eigenvalue weighted by Gasteiger charge is 2.32. The second-order valence-electron chi connectivity index (χ2n) is 4.46. The Morgan fingerprint density at radius 3 is 2.83 bits per heavy atom. The highest BCUT2D eigenvalue weighted by molar-refractivity contribution is 14.1. The van der Waals surface area contributed by atoms with Crippen LogP contribution in [0, 0.1) is 3.57 Å². The Morgan fingerprint density at radius 2 is 2.17 bits per heavy atom. The number of hydrogen-bond donors (Lipinski definition) is 1. The van der Waals surface area contributed by atoms with E-state index in [2.05, 4.69) is 22.6 Å². The van der Waals surface area contributed by atoms with Crippen molar-refractivity contribution < 1.29 is 8.42 Å². The third-order valence-electron chi connectivity index (χ3n) is 3.25. The van der Waals surface area contributed by atoms with Crippen molar-refractivity contribution in [2.45, 2.75) is 30.2 Å². The molecule has 4 nitrogen and oxygen atoms in total. The summed E-state index contributed by atoms with van der Waals surface area (Å²) < 4.78 is 27.6.